The smallest absolute Gasteiger partial charge is 0.315 e. The highest BCUT2D eigenvalue weighted by molar-refractivity contribution is 5.73. The summed E-state index contributed by atoms with van der Waals surface area (Å²) < 4.78 is 0. The van der Waals surface area contributed by atoms with Gasteiger partial charge >= 0.3 is 6.03 Å². The van der Waals surface area contributed by atoms with Crippen molar-refractivity contribution in [3.8, 4) is 6.07 Å². The summed E-state index contributed by atoms with van der Waals surface area (Å²) in [6, 6.07) is 9.01. The second-order valence-electron chi connectivity index (χ2n) is 4.13. The molecule has 0 saturated heterocycles. The van der Waals surface area contributed by atoms with E-state index in [-0.39, 0.29) is 6.03 Å². The van der Waals surface area contributed by atoms with Gasteiger partial charge in [0.2, 0.25) is 0 Å². The zero-order valence-corrected chi connectivity index (χ0v) is 10.5. The molecule has 1 aromatic carbocycles. The molecule has 0 aromatic heterocycles. The highest BCUT2D eigenvalue weighted by atomic mass is 16.2. The van der Waals surface area contributed by atoms with Crippen molar-refractivity contribution in [2.24, 2.45) is 0 Å². The normalized spacial score (nSPS) is 9.33. The number of nitrogens with one attached hydrogen (secondary N) is 2. The first-order valence-electron chi connectivity index (χ1n) is 5.77. The van der Waals surface area contributed by atoms with Crippen LogP contribution in [0.25, 0.3) is 0 Å². The van der Waals surface area contributed by atoms with E-state index in [1.807, 2.05) is 13.0 Å². The van der Waals surface area contributed by atoms with Gasteiger partial charge in [0, 0.05) is 13.1 Å². The van der Waals surface area contributed by atoms with Crippen LogP contribution in [-0.4, -0.2) is 12.6 Å². The summed E-state index contributed by atoms with van der Waals surface area (Å²) in [6.07, 6.45) is 0.775. The predicted molar refractivity (Wildman–Crippen MR) is 70.8 cm³/mol. The van der Waals surface area contributed by atoms with Crippen LogP contribution in [0.2, 0.25) is 0 Å². The number of amides is 2. The average molecular weight is 243 g/mol. The monoisotopic (exact) mass is 243 g/mol. The summed E-state index contributed by atoms with van der Waals surface area (Å²) in [6.45, 7) is 6.68. The molecule has 4 heteroatoms. The predicted octanol–water partition coefficient (Wildman–Crippen LogP) is 2.32. The third-order valence-electron chi connectivity index (χ3n) is 2.35. The Kier molecular flexibility index (Phi) is 5.46. The molecule has 4 nitrogen and oxygen atoms in total. The minimum Gasteiger partial charge on any atom is -0.338 e. The molecule has 18 heavy (non-hydrogen) atoms. The van der Waals surface area contributed by atoms with E-state index in [4.69, 9.17) is 5.26 Å². The molecule has 0 unspecified atom stereocenters. The summed E-state index contributed by atoms with van der Waals surface area (Å²) >= 11 is 0. The van der Waals surface area contributed by atoms with Crippen LogP contribution in [0, 0.1) is 11.3 Å². The lowest BCUT2D eigenvalue weighted by atomic mass is 10.1. The highest BCUT2D eigenvalue weighted by Crippen LogP contribution is 2.03. The lowest BCUT2D eigenvalue weighted by Crippen LogP contribution is -2.35. The van der Waals surface area contributed by atoms with Gasteiger partial charge in [-0.1, -0.05) is 17.7 Å². The fourth-order valence-corrected chi connectivity index (χ4v) is 1.39. The lowest BCUT2D eigenvalue weighted by molar-refractivity contribution is 0.240. The van der Waals surface area contributed by atoms with Crippen LogP contribution in [0.1, 0.15) is 24.5 Å². The topological polar surface area (TPSA) is 64.9 Å². The van der Waals surface area contributed by atoms with E-state index in [1.54, 1.807) is 18.2 Å². The van der Waals surface area contributed by atoms with E-state index >= 15 is 0 Å². The summed E-state index contributed by atoms with van der Waals surface area (Å²) in [5.74, 6) is 0. The molecule has 0 aliphatic rings. The van der Waals surface area contributed by atoms with E-state index < -0.39 is 0 Å². The lowest BCUT2D eigenvalue weighted by Gasteiger charge is -2.07. The van der Waals surface area contributed by atoms with Crippen molar-refractivity contribution < 1.29 is 4.79 Å². The maximum Gasteiger partial charge on any atom is 0.315 e. The standard InChI is InChI=1S/C14H17N3O/c1-11(2)6-7-16-14(18)17-10-13-5-3-4-12(8-13)9-15/h3-5,8H,1,6-7,10H2,2H3,(H2,16,17,18). The second-order valence-corrected chi connectivity index (χ2v) is 4.13. The Bertz CT molecular complexity index is 474. The molecular weight excluding hydrogens is 226 g/mol. The molecule has 0 fully saturated rings. The Morgan fingerprint density at radius 1 is 1.44 bits per heavy atom. The second kappa shape index (κ2) is 7.13. The average Bonchev–Trinajstić information content (AvgIpc) is 2.36. The van der Waals surface area contributed by atoms with E-state index in [0.29, 0.717) is 18.7 Å². The molecule has 0 heterocycles. The Morgan fingerprint density at radius 2 is 2.22 bits per heavy atom. The van der Waals surface area contributed by atoms with Crippen molar-refractivity contribution in [1.29, 1.82) is 5.26 Å². The fraction of sp³-hybridized carbons (Fsp3) is 0.286. The third-order valence-corrected chi connectivity index (χ3v) is 2.35. The summed E-state index contributed by atoms with van der Waals surface area (Å²) in [4.78, 5) is 11.4. The number of carbonyl (C=O) groups excluding carboxylic acids is 1. The van der Waals surface area contributed by atoms with Gasteiger partial charge in [0.15, 0.2) is 0 Å². The van der Waals surface area contributed by atoms with E-state index in [1.165, 1.54) is 0 Å². The van der Waals surface area contributed by atoms with Gasteiger partial charge < -0.3 is 10.6 Å². The summed E-state index contributed by atoms with van der Waals surface area (Å²) in [7, 11) is 0. The molecule has 0 aliphatic heterocycles. The van der Waals surface area contributed by atoms with Gasteiger partial charge in [0.1, 0.15) is 0 Å². The fourth-order valence-electron chi connectivity index (χ4n) is 1.39. The Morgan fingerprint density at radius 3 is 2.89 bits per heavy atom. The van der Waals surface area contributed by atoms with Gasteiger partial charge in [-0.05, 0) is 31.0 Å². The highest BCUT2D eigenvalue weighted by Gasteiger charge is 2.00. The van der Waals surface area contributed by atoms with Gasteiger partial charge in [-0.25, -0.2) is 4.79 Å². The van der Waals surface area contributed by atoms with Crippen LogP contribution in [-0.2, 0) is 6.54 Å². The number of benzene rings is 1. The van der Waals surface area contributed by atoms with E-state index in [0.717, 1.165) is 17.6 Å². The van der Waals surface area contributed by atoms with Crippen LogP contribution in [0.5, 0.6) is 0 Å². The number of hydrogen-bond acceptors (Lipinski definition) is 2. The number of urea groups is 1. The first kappa shape index (κ1) is 13.8. The number of nitriles is 1. The first-order chi connectivity index (χ1) is 8.61. The number of nitrogens with zero attached hydrogens (tertiary/aromatic N) is 1. The molecular formula is C14H17N3O. The Hall–Kier alpha value is -2.28. The first-order valence-corrected chi connectivity index (χ1v) is 5.77. The molecule has 0 radical (unpaired) electrons. The molecule has 94 valence electrons. The van der Waals surface area contributed by atoms with Gasteiger partial charge in [0.05, 0.1) is 11.6 Å². The van der Waals surface area contributed by atoms with Crippen LogP contribution >= 0.6 is 0 Å². The molecule has 0 saturated carbocycles. The van der Waals surface area contributed by atoms with Crippen molar-refractivity contribution >= 4 is 6.03 Å². The maximum absolute atomic E-state index is 11.4. The van der Waals surface area contributed by atoms with Crippen molar-refractivity contribution in [3.05, 3.63) is 47.5 Å². The molecule has 0 spiro atoms. The van der Waals surface area contributed by atoms with Crippen molar-refractivity contribution in [1.82, 2.24) is 10.6 Å². The molecule has 1 aromatic rings. The molecule has 2 amide bonds. The molecule has 0 bridgehead atoms. The van der Waals surface area contributed by atoms with Crippen LogP contribution in [0.15, 0.2) is 36.4 Å². The van der Waals surface area contributed by atoms with Crippen LogP contribution < -0.4 is 10.6 Å². The van der Waals surface area contributed by atoms with E-state index in [2.05, 4.69) is 23.3 Å². The SMILES string of the molecule is C=C(C)CCNC(=O)NCc1cccc(C#N)c1. The molecule has 1 rings (SSSR count). The minimum atomic E-state index is -0.210. The van der Waals surface area contributed by atoms with Gasteiger partial charge in [-0.3, -0.25) is 0 Å². The van der Waals surface area contributed by atoms with E-state index in [9.17, 15) is 4.79 Å². The van der Waals surface area contributed by atoms with Crippen LogP contribution in [0.4, 0.5) is 4.79 Å². The Balaban J connectivity index is 2.33. The number of carbonyl (C=O) groups is 1. The minimum absolute atomic E-state index is 0.210. The molecule has 0 atom stereocenters. The molecule has 0 aliphatic carbocycles. The third kappa shape index (κ3) is 5.17. The summed E-state index contributed by atoms with van der Waals surface area (Å²) in [5.41, 5.74) is 2.54. The van der Waals surface area contributed by atoms with Crippen molar-refractivity contribution in [2.45, 2.75) is 19.9 Å². The molecule has 2 N–H and O–H groups in total. The summed E-state index contributed by atoms with van der Waals surface area (Å²) in [5, 5.41) is 14.2. The van der Waals surface area contributed by atoms with Crippen molar-refractivity contribution in [2.75, 3.05) is 6.54 Å². The maximum atomic E-state index is 11.4. The van der Waals surface area contributed by atoms with Gasteiger partial charge in [-0.15, -0.1) is 6.58 Å². The van der Waals surface area contributed by atoms with Gasteiger partial charge in [-0.2, -0.15) is 5.26 Å². The quantitative estimate of drug-likeness (QED) is 0.779. The van der Waals surface area contributed by atoms with Gasteiger partial charge in [0.25, 0.3) is 0 Å². The van der Waals surface area contributed by atoms with Crippen LogP contribution in [0.3, 0.4) is 0 Å². The zero-order valence-electron chi connectivity index (χ0n) is 10.5. The van der Waals surface area contributed by atoms with Crippen molar-refractivity contribution in [3.63, 3.8) is 0 Å². The number of hydrogen-bond donors (Lipinski definition) is 2. The Labute approximate surface area is 107 Å². The number of rotatable bonds is 5. The zero-order chi connectivity index (χ0) is 13.4. The largest absolute Gasteiger partial charge is 0.338 e.